The monoisotopic (exact) mass is 292 g/mol. The largest absolute Gasteiger partial charge is 0.266 e. The van der Waals surface area contributed by atoms with Crippen LogP contribution in [0.25, 0.3) is 11.1 Å². The summed E-state index contributed by atoms with van der Waals surface area (Å²) in [5.74, 6) is 7.73. The molecule has 0 spiro atoms. The van der Waals surface area contributed by atoms with Gasteiger partial charge in [-0.3, -0.25) is 5.84 Å². The molecule has 98 valence electrons. The first-order valence-corrected chi connectivity index (χ1v) is 7.73. The van der Waals surface area contributed by atoms with Gasteiger partial charge in [-0.05, 0) is 17.0 Å². The predicted molar refractivity (Wildman–Crippen MR) is 76.7 cm³/mol. The lowest BCUT2D eigenvalue weighted by Gasteiger charge is -2.13. The van der Waals surface area contributed by atoms with Crippen molar-refractivity contribution in [3.05, 3.63) is 41.8 Å². The van der Waals surface area contributed by atoms with E-state index in [0.29, 0.717) is 9.98 Å². The van der Waals surface area contributed by atoms with E-state index in [0.717, 1.165) is 16.9 Å². The van der Waals surface area contributed by atoms with Gasteiger partial charge in [-0.2, -0.15) is 0 Å². The maximum atomic E-state index is 12.3. The highest BCUT2D eigenvalue weighted by Gasteiger charge is 2.25. The summed E-state index contributed by atoms with van der Waals surface area (Å²) in [7, 11) is -3.75. The topological polar surface area (TPSA) is 63.4 Å². The van der Waals surface area contributed by atoms with Crippen molar-refractivity contribution in [2.45, 2.75) is 4.21 Å². The van der Waals surface area contributed by atoms with Gasteiger partial charge in [0, 0.05) is 5.56 Å². The van der Waals surface area contributed by atoms with Gasteiger partial charge in [0.15, 0.2) is 0 Å². The van der Waals surface area contributed by atoms with Gasteiger partial charge >= 0.3 is 0 Å². The lowest BCUT2D eigenvalue weighted by Crippen LogP contribution is -2.37. The number of hydrogen-bond acceptors (Lipinski definition) is 4. The van der Waals surface area contributed by atoms with Gasteiger partial charge in [0.05, 0.1) is 6.54 Å². The fraction of sp³-hybridized carbons (Fsp3) is 0.0769. The van der Waals surface area contributed by atoms with Crippen LogP contribution in [0.2, 0.25) is 0 Å². The number of sulfonamides is 1. The maximum absolute atomic E-state index is 12.3. The molecule has 2 N–H and O–H groups in total. The van der Waals surface area contributed by atoms with E-state index >= 15 is 0 Å². The van der Waals surface area contributed by atoms with Crippen molar-refractivity contribution in [1.82, 2.24) is 4.41 Å². The summed E-state index contributed by atoms with van der Waals surface area (Å²) in [5.41, 5.74) is 1.47. The van der Waals surface area contributed by atoms with Crippen LogP contribution >= 0.6 is 11.3 Å². The van der Waals surface area contributed by atoms with E-state index in [9.17, 15) is 8.42 Å². The van der Waals surface area contributed by atoms with E-state index in [2.05, 4.69) is 5.92 Å². The Hall–Kier alpha value is -1.65. The van der Waals surface area contributed by atoms with Crippen LogP contribution in [0.3, 0.4) is 0 Å². The van der Waals surface area contributed by atoms with Gasteiger partial charge in [0.25, 0.3) is 10.0 Å². The fourth-order valence-electron chi connectivity index (χ4n) is 1.61. The molecule has 0 bridgehead atoms. The molecule has 0 fully saturated rings. The van der Waals surface area contributed by atoms with Crippen LogP contribution in [0, 0.1) is 12.3 Å². The van der Waals surface area contributed by atoms with Crippen LogP contribution in [-0.2, 0) is 10.0 Å². The van der Waals surface area contributed by atoms with Crippen molar-refractivity contribution in [2.75, 3.05) is 6.54 Å². The molecule has 19 heavy (non-hydrogen) atoms. The number of nitrogens with zero attached hydrogens (tertiary/aromatic N) is 1. The van der Waals surface area contributed by atoms with Crippen molar-refractivity contribution >= 4 is 21.4 Å². The molecule has 2 aromatic rings. The smallest absolute Gasteiger partial charge is 0.254 e. The lowest BCUT2D eigenvalue weighted by atomic mass is 10.1. The first kappa shape index (κ1) is 13.8. The number of rotatable bonds is 4. The van der Waals surface area contributed by atoms with Crippen molar-refractivity contribution < 1.29 is 8.42 Å². The molecular weight excluding hydrogens is 280 g/mol. The SMILES string of the molecule is C#CCN(N)S(=O)(=O)c1sccc1-c1ccccc1. The quantitative estimate of drug-likeness (QED) is 0.532. The highest BCUT2D eigenvalue weighted by atomic mass is 32.2. The summed E-state index contributed by atoms with van der Waals surface area (Å²) < 4.78 is 25.5. The van der Waals surface area contributed by atoms with Crippen molar-refractivity contribution in [3.8, 4) is 23.5 Å². The number of hydrogen-bond donors (Lipinski definition) is 1. The van der Waals surface area contributed by atoms with Crippen molar-refractivity contribution in [1.29, 1.82) is 0 Å². The highest BCUT2D eigenvalue weighted by Crippen LogP contribution is 2.33. The van der Waals surface area contributed by atoms with Gasteiger partial charge in [-0.1, -0.05) is 36.3 Å². The molecule has 1 heterocycles. The van der Waals surface area contributed by atoms with Gasteiger partial charge in [0.2, 0.25) is 0 Å². The van der Waals surface area contributed by atoms with E-state index in [1.165, 1.54) is 0 Å². The highest BCUT2D eigenvalue weighted by molar-refractivity contribution is 7.91. The molecule has 0 saturated heterocycles. The van der Waals surface area contributed by atoms with E-state index in [1.54, 1.807) is 11.4 Å². The summed E-state index contributed by atoms with van der Waals surface area (Å²) in [4.78, 5) is 0. The second kappa shape index (κ2) is 5.55. The fourth-order valence-corrected chi connectivity index (χ4v) is 4.11. The van der Waals surface area contributed by atoms with Crippen LogP contribution in [0.5, 0.6) is 0 Å². The van der Waals surface area contributed by atoms with Crippen molar-refractivity contribution in [2.24, 2.45) is 5.84 Å². The van der Waals surface area contributed by atoms with E-state index in [1.807, 2.05) is 30.3 Å². The molecule has 0 unspecified atom stereocenters. The molecular formula is C13H12N2O2S2. The molecule has 0 saturated carbocycles. The zero-order chi connectivity index (χ0) is 13.9. The molecule has 1 aromatic carbocycles. The van der Waals surface area contributed by atoms with Crippen molar-refractivity contribution in [3.63, 3.8) is 0 Å². The molecule has 0 radical (unpaired) electrons. The first-order valence-electron chi connectivity index (χ1n) is 5.41. The normalized spacial score (nSPS) is 11.4. The van der Waals surface area contributed by atoms with Gasteiger partial charge in [-0.15, -0.1) is 22.2 Å². The Bertz CT molecular complexity index is 700. The van der Waals surface area contributed by atoms with Crippen LogP contribution in [0.4, 0.5) is 0 Å². The Morgan fingerprint density at radius 3 is 2.58 bits per heavy atom. The summed E-state index contributed by atoms with van der Waals surface area (Å²) in [5, 5.41) is 1.72. The first-order chi connectivity index (χ1) is 9.07. The molecule has 0 atom stereocenters. The van der Waals surface area contributed by atoms with E-state index in [4.69, 9.17) is 12.3 Å². The minimum atomic E-state index is -3.75. The van der Waals surface area contributed by atoms with Crippen LogP contribution in [0.15, 0.2) is 46.0 Å². The summed E-state index contributed by atoms with van der Waals surface area (Å²) in [6.07, 6.45) is 5.10. The molecule has 1 aromatic heterocycles. The third-order valence-electron chi connectivity index (χ3n) is 2.50. The third kappa shape index (κ3) is 2.69. The zero-order valence-corrected chi connectivity index (χ0v) is 11.6. The number of thiophene rings is 1. The number of terminal acetylenes is 1. The molecule has 0 aliphatic rings. The number of benzene rings is 1. The summed E-state index contributed by atoms with van der Waals surface area (Å²) in [6, 6.07) is 11.0. The Kier molecular flexibility index (Phi) is 4.02. The Morgan fingerprint density at radius 1 is 1.26 bits per heavy atom. The lowest BCUT2D eigenvalue weighted by molar-refractivity contribution is 0.465. The Morgan fingerprint density at radius 2 is 1.95 bits per heavy atom. The van der Waals surface area contributed by atoms with E-state index in [-0.39, 0.29) is 10.8 Å². The second-order valence-electron chi connectivity index (χ2n) is 3.74. The molecule has 2 rings (SSSR count). The molecule has 6 heteroatoms. The van der Waals surface area contributed by atoms with Crippen LogP contribution < -0.4 is 5.84 Å². The second-order valence-corrected chi connectivity index (χ2v) is 6.74. The number of nitrogens with two attached hydrogens (primary N) is 1. The third-order valence-corrected chi connectivity index (χ3v) is 5.57. The average Bonchev–Trinajstić information content (AvgIpc) is 2.90. The molecule has 0 aliphatic heterocycles. The Labute approximate surface area is 116 Å². The molecule has 0 amide bonds. The van der Waals surface area contributed by atoms with Crippen LogP contribution in [-0.4, -0.2) is 19.4 Å². The van der Waals surface area contributed by atoms with E-state index < -0.39 is 10.0 Å². The van der Waals surface area contributed by atoms with Gasteiger partial charge < -0.3 is 0 Å². The predicted octanol–water partition coefficient (Wildman–Crippen LogP) is 1.91. The molecule has 4 nitrogen and oxygen atoms in total. The standard InChI is InChI=1S/C13H12N2O2S2/c1-2-9-15(14)19(16,17)13-12(8-10-18-13)11-6-4-3-5-7-11/h1,3-8,10H,9,14H2. The van der Waals surface area contributed by atoms with Gasteiger partial charge in [0.1, 0.15) is 4.21 Å². The number of hydrazine groups is 1. The summed E-state index contributed by atoms with van der Waals surface area (Å²) in [6.45, 7) is -0.158. The molecule has 0 aliphatic carbocycles. The van der Waals surface area contributed by atoms with Gasteiger partial charge in [-0.25, -0.2) is 8.42 Å². The average molecular weight is 292 g/mol. The van der Waals surface area contributed by atoms with Crippen LogP contribution in [0.1, 0.15) is 0 Å². The maximum Gasteiger partial charge on any atom is 0.266 e. The minimum absolute atomic E-state index is 0.158. The Balaban J connectivity index is 2.49. The summed E-state index contributed by atoms with van der Waals surface area (Å²) >= 11 is 1.13. The minimum Gasteiger partial charge on any atom is -0.254 e. The zero-order valence-electron chi connectivity index (χ0n) is 9.98.